The Morgan fingerprint density at radius 2 is 2.19 bits per heavy atom. The van der Waals surface area contributed by atoms with Gasteiger partial charge in [-0.2, -0.15) is 0 Å². The van der Waals surface area contributed by atoms with Gasteiger partial charge in [0, 0.05) is 16.8 Å². The minimum absolute atomic E-state index is 0.147. The van der Waals surface area contributed by atoms with Gasteiger partial charge in [0.25, 0.3) is 0 Å². The van der Waals surface area contributed by atoms with Crippen LogP contribution in [0.4, 0.5) is 16.6 Å². The Morgan fingerprint density at radius 1 is 1.37 bits per heavy atom. The fourth-order valence-corrected chi connectivity index (χ4v) is 4.35. The number of hydrogen-bond acceptors (Lipinski definition) is 8. The summed E-state index contributed by atoms with van der Waals surface area (Å²) in [4.78, 5) is 12.4. The van der Waals surface area contributed by atoms with Crippen LogP contribution in [0.5, 0.6) is 0 Å². The third-order valence-electron chi connectivity index (χ3n) is 3.70. The summed E-state index contributed by atoms with van der Waals surface area (Å²) in [6.45, 7) is 5.65. The Morgan fingerprint density at radius 3 is 2.89 bits per heavy atom. The van der Waals surface area contributed by atoms with Gasteiger partial charge in [-0.3, -0.25) is 4.79 Å². The maximum absolute atomic E-state index is 12.4. The Labute approximate surface area is 169 Å². The summed E-state index contributed by atoms with van der Waals surface area (Å²) in [5.41, 5.74) is 1.82. The molecular weight excluding hydrogens is 406 g/mol. The normalized spacial score (nSPS) is 12.0. The lowest BCUT2D eigenvalue weighted by Gasteiger charge is -2.11. The molecule has 1 aromatic carbocycles. The topological polar surface area (TPSA) is 92.9 Å². The van der Waals surface area contributed by atoms with Gasteiger partial charge in [-0.05, 0) is 38.0 Å². The number of carbonyl (C=O) groups excluding carboxylic acids is 1. The number of anilines is 3. The van der Waals surface area contributed by atoms with Crippen molar-refractivity contribution < 1.29 is 9.32 Å². The van der Waals surface area contributed by atoms with E-state index < -0.39 is 0 Å². The predicted octanol–water partition coefficient (Wildman–Crippen LogP) is 5.05. The maximum atomic E-state index is 12.4. The fourth-order valence-electron chi connectivity index (χ4n) is 2.24. The predicted molar refractivity (Wildman–Crippen MR) is 109 cm³/mol. The van der Waals surface area contributed by atoms with Crippen molar-refractivity contribution in [1.82, 2.24) is 15.4 Å². The molecular formula is C17H18ClN5O2S2. The van der Waals surface area contributed by atoms with Gasteiger partial charge in [-0.15, -0.1) is 10.2 Å². The summed E-state index contributed by atoms with van der Waals surface area (Å²) in [7, 11) is 0. The third kappa shape index (κ3) is 5.00. The highest BCUT2D eigenvalue weighted by Gasteiger charge is 2.21. The van der Waals surface area contributed by atoms with Crippen LogP contribution in [0.3, 0.4) is 0 Å². The van der Waals surface area contributed by atoms with Crippen molar-refractivity contribution in [1.29, 1.82) is 0 Å². The highest BCUT2D eigenvalue weighted by atomic mass is 35.5. The van der Waals surface area contributed by atoms with Gasteiger partial charge in [0.1, 0.15) is 5.76 Å². The number of carbonyl (C=O) groups is 1. The van der Waals surface area contributed by atoms with Crippen molar-refractivity contribution in [2.75, 3.05) is 10.6 Å². The first kappa shape index (κ1) is 19.7. The van der Waals surface area contributed by atoms with Crippen LogP contribution >= 0.6 is 34.7 Å². The van der Waals surface area contributed by atoms with E-state index in [0.717, 1.165) is 11.3 Å². The smallest absolute Gasteiger partial charge is 0.239 e. The maximum Gasteiger partial charge on any atom is 0.239 e. The molecule has 0 aliphatic carbocycles. The molecule has 3 rings (SSSR count). The van der Waals surface area contributed by atoms with Gasteiger partial charge in [0.2, 0.25) is 11.0 Å². The third-order valence-corrected chi connectivity index (χ3v) is 6.40. The zero-order chi connectivity index (χ0) is 19.4. The second-order valence-corrected chi connectivity index (χ2v) is 8.57. The van der Waals surface area contributed by atoms with Gasteiger partial charge in [-0.25, -0.2) is 0 Å². The lowest BCUT2D eigenvalue weighted by molar-refractivity contribution is -0.115. The van der Waals surface area contributed by atoms with Crippen LogP contribution in [0.15, 0.2) is 33.1 Å². The van der Waals surface area contributed by atoms with Crippen LogP contribution in [-0.2, 0) is 4.79 Å². The Bertz CT molecular complexity index is 943. The van der Waals surface area contributed by atoms with Gasteiger partial charge < -0.3 is 15.2 Å². The van der Waals surface area contributed by atoms with E-state index in [1.54, 1.807) is 13.0 Å². The SMILES string of the molecule is CCC(Sc1nnc(Nc2cccc(Cl)c2C)s1)C(=O)Nc1cc(C)on1. The Hall–Kier alpha value is -2.10. The van der Waals surface area contributed by atoms with Crippen molar-refractivity contribution in [2.45, 2.75) is 36.8 Å². The monoisotopic (exact) mass is 423 g/mol. The van der Waals surface area contributed by atoms with Crippen molar-refractivity contribution in [3.05, 3.63) is 40.6 Å². The molecule has 10 heteroatoms. The summed E-state index contributed by atoms with van der Waals surface area (Å²) < 4.78 is 5.67. The molecule has 0 saturated carbocycles. The quantitative estimate of drug-likeness (QED) is 0.513. The van der Waals surface area contributed by atoms with E-state index in [1.165, 1.54) is 23.1 Å². The van der Waals surface area contributed by atoms with Crippen LogP contribution in [0, 0.1) is 13.8 Å². The molecule has 1 unspecified atom stereocenters. The molecule has 0 fully saturated rings. The molecule has 0 bridgehead atoms. The molecule has 0 spiro atoms. The van der Waals surface area contributed by atoms with Crippen molar-refractivity contribution in [2.24, 2.45) is 0 Å². The summed E-state index contributed by atoms with van der Waals surface area (Å²) in [5, 5.41) is 19.1. The van der Waals surface area contributed by atoms with Crippen molar-refractivity contribution >= 4 is 57.2 Å². The number of aryl methyl sites for hydroxylation is 1. The first-order valence-corrected chi connectivity index (χ1v) is 10.3. The van der Waals surface area contributed by atoms with Crippen LogP contribution in [0.1, 0.15) is 24.7 Å². The molecule has 27 heavy (non-hydrogen) atoms. The summed E-state index contributed by atoms with van der Waals surface area (Å²) in [5.74, 6) is 0.904. The molecule has 2 aromatic heterocycles. The summed E-state index contributed by atoms with van der Waals surface area (Å²) >= 11 is 8.90. The molecule has 2 N–H and O–H groups in total. The first-order chi connectivity index (χ1) is 13.0. The van der Waals surface area contributed by atoms with E-state index in [9.17, 15) is 4.79 Å². The fraction of sp³-hybridized carbons (Fsp3) is 0.294. The number of aromatic nitrogens is 3. The largest absolute Gasteiger partial charge is 0.360 e. The number of benzene rings is 1. The Balaban J connectivity index is 1.64. The number of halogens is 1. The van der Waals surface area contributed by atoms with Gasteiger partial charge in [0.15, 0.2) is 10.2 Å². The second-order valence-electron chi connectivity index (χ2n) is 5.74. The highest BCUT2D eigenvalue weighted by molar-refractivity contribution is 8.02. The average molecular weight is 424 g/mol. The van der Waals surface area contributed by atoms with E-state index in [2.05, 4.69) is 26.0 Å². The van der Waals surface area contributed by atoms with E-state index >= 15 is 0 Å². The van der Waals surface area contributed by atoms with Crippen LogP contribution in [-0.4, -0.2) is 26.5 Å². The number of nitrogens with one attached hydrogen (secondary N) is 2. The van der Waals surface area contributed by atoms with Crippen LogP contribution in [0.25, 0.3) is 0 Å². The standard InChI is InChI=1S/C17H18ClN5O2S2/c1-4-13(15(24)20-14-8-9(2)25-23-14)26-17-22-21-16(27-17)19-12-7-5-6-11(18)10(12)3/h5-8,13H,4H2,1-3H3,(H,19,21)(H,20,23,24). The highest BCUT2D eigenvalue weighted by Crippen LogP contribution is 2.33. The van der Waals surface area contributed by atoms with E-state index in [1.807, 2.05) is 32.0 Å². The minimum Gasteiger partial charge on any atom is -0.360 e. The number of nitrogens with zero attached hydrogens (tertiary/aromatic N) is 3. The number of thioether (sulfide) groups is 1. The molecule has 2 heterocycles. The molecule has 0 saturated heterocycles. The molecule has 1 atom stereocenters. The van der Waals surface area contributed by atoms with E-state index in [-0.39, 0.29) is 11.2 Å². The molecule has 142 valence electrons. The van der Waals surface area contributed by atoms with Crippen LogP contribution in [0.2, 0.25) is 5.02 Å². The van der Waals surface area contributed by atoms with Gasteiger partial charge in [0.05, 0.1) is 5.25 Å². The molecule has 0 aliphatic heterocycles. The first-order valence-electron chi connectivity index (χ1n) is 8.22. The van der Waals surface area contributed by atoms with E-state index in [4.69, 9.17) is 16.1 Å². The number of rotatable bonds is 7. The zero-order valence-corrected chi connectivity index (χ0v) is 17.3. The number of hydrogen-bond donors (Lipinski definition) is 2. The van der Waals surface area contributed by atoms with Crippen molar-refractivity contribution in [3.63, 3.8) is 0 Å². The summed E-state index contributed by atoms with van der Waals surface area (Å²) in [6, 6.07) is 7.31. The second kappa shape index (κ2) is 8.73. The number of amides is 1. The lowest BCUT2D eigenvalue weighted by Crippen LogP contribution is -2.24. The minimum atomic E-state index is -0.310. The van der Waals surface area contributed by atoms with Gasteiger partial charge >= 0.3 is 0 Å². The Kier molecular flexibility index (Phi) is 6.35. The molecule has 0 radical (unpaired) electrons. The van der Waals surface area contributed by atoms with Crippen molar-refractivity contribution in [3.8, 4) is 0 Å². The van der Waals surface area contributed by atoms with Crippen LogP contribution < -0.4 is 10.6 Å². The molecule has 1 amide bonds. The lowest BCUT2D eigenvalue weighted by atomic mass is 10.2. The average Bonchev–Trinajstić information content (AvgIpc) is 3.25. The molecule has 3 aromatic rings. The molecule has 0 aliphatic rings. The zero-order valence-electron chi connectivity index (χ0n) is 14.9. The molecule has 7 nitrogen and oxygen atoms in total. The van der Waals surface area contributed by atoms with E-state index in [0.29, 0.717) is 32.5 Å². The summed E-state index contributed by atoms with van der Waals surface area (Å²) in [6.07, 6.45) is 0.642. The van der Waals surface area contributed by atoms with Gasteiger partial charge in [-0.1, -0.05) is 52.8 Å².